The van der Waals surface area contributed by atoms with Crippen molar-refractivity contribution in [2.75, 3.05) is 60.0 Å². The number of hydrogen-bond donors (Lipinski definition) is 1. The topological polar surface area (TPSA) is 66.8 Å². The summed E-state index contributed by atoms with van der Waals surface area (Å²) in [6.45, 7) is 9.48. The van der Waals surface area contributed by atoms with Crippen molar-refractivity contribution in [1.29, 1.82) is 0 Å². The van der Waals surface area contributed by atoms with Crippen LogP contribution in [0.25, 0.3) is 0 Å². The van der Waals surface area contributed by atoms with Gasteiger partial charge < -0.3 is 19.5 Å². The number of pyridine rings is 1. The molecule has 7 nitrogen and oxygen atoms in total. The predicted octanol–water partition coefficient (Wildman–Crippen LogP) is 0.731. The van der Waals surface area contributed by atoms with E-state index in [1.165, 1.54) is 0 Å². The quantitative estimate of drug-likeness (QED) is 0.689. The average Bonchev–Trinajstić information content (AvgIpc) is 2.59. The van der Waals surface area contributed by atoms with Gasteiger partial charge in [0.2, 0.25) is 0 Å². The van der Waals surface area contributed by atoms with E-state index in [2.05, 4.69) is 10.2 Å². The molecule has 1 aliphatic rings. The van der Waals surface area contributed by atoms with Gasteiger partial charge in [-0.2, -0.15) is 0 Å². The summed E-state index contributed by atoms with van der Waals surface area (Å²) < 4.78 is 6.98. The van der Waals surface area contributed by atoms with Gasteiger partial charge >= 0.3 is 0 Å². The zero-order valence-electron chi connectivity index (χ0n) is 16.5. The van der Waals surface area contributed by atoms with Crippen LogP contribution in [0.15, 0.2) is 17.1 Å². The fourth-order valence-corrected chi connectivity index (χ4v) is 3.30. The lowest BCUT2D eigenvalue weighted by Gasteiger charge is -2.26. The normalized spacial score (nSPS) is 16.7. The molecule has 1 saturated heterocycles. The second-order valence-electron chi connectivity index (χ2n) is 7.26. The smallest absolute Gasteiger partial charge is 0.263 e. The number of morpholine rings is 1. The molecule has 1 fully saturated rings. The van der Waals surface area contributed by atoms with Gasteiger partial charge in [-0.05, 0) is 52.5 Å². The van der Waals surface area contributed by atoms with Gasteiger partial charge in [0.05, 0.1) is 13.2 Å². The second kappa shape index (κ2) is 9.85. The molecule has 2 heterocycles. The van der Waals surface area contributed by atoms with E-state index in [1.54, 1.807) is 10.8 Å². The first-order valence-corrected chi connectivity index (χ1v) is 9.35. The number of aryl methyl sites for hydroxylation is 1. The van der Waals surface area contributed by atoms with Gasteiger partial charge in [0.25, 0.3) is 11.5 Å². The molecule has 7 heteroatoms. The molecule has 146 valence electrons. The van der Waals surface area contributed by atoms with Gasteiger partial charge in [0, 0.05) is 38.4 Å². The Balaban J connectivity index is 1.95. The molecule has 2 rings (SSSR count). The number of aromatic nitrogens is 1. The zero-order chi connectivity index (χ0) is 19.1. The van der Waals surface area contributed by atoms with Gasteiger partial charge in [0.1, 0.15) is 5.56 Å². The van der Waals surface area contributed by atoms with Gasteiger partial charge in [-0.25, -0.2) is 0 Å². The highest BCUT2D eigenvalue weighted by atomic mass is 16.5. The summed E-state index contributed by atoms with van der Waals surface area (Å²) >= 11 is 0. The Labute approximate surface area is 155 Å². The summed E-state index contributed by atoms with van der Waals surface area (Å²) in [5.74, 6) is -0.277. The molecule has 0 bridgehead atoms. The predicted molar refractivity (Wildman–Crippen MR) is 103 cm³/mol. The van der Waals surface area contributed by atoms with E-state index in [1.807, 2.05) is 38.9 Å². The third-order valence-electron chi connectivity index (χ3n) is 4.70. The van der Waals surface area contributed by atoms with Crippen LogP contribution in [0.3, 0.4) is 0 Å². The second-order valence-corrected chi connectivity index (χ2v) is 7.26. The van der Waals surface area contributed by atoms with E-state index in [0.29, 0.717) is 12.1 Å². The molecular formula is C19H32N4O3. The highest BCUT2D eigenvalue weighted by molar-refractivity contribution is 5.95. The van der Waals surface area contributed by atoms with Gasteiger partial charge in [-0.15, -0.1) is 0 Å². The molecule has 0 spiro atoms. The maximum absolute atomic E-state index is 12.8. The monoisotopic (exact) mass is 364 g/mol. The highest BCUT2D eigenvalue weighted by Gasteiger charge is 2.18. The minimum atomic E-state index is -0.277. The molecule has 0 radical (unpaired) electrons. The van der Waals surface area contributed by atoms with Crippen molar-refractivity contribution in [2.45, 2.75) is 26.3 Å². The average molecular weight is 364 g/mol. The van der Waals surface area contributed by atoms with E-state index >= 15 is 0 Å². The van der Waals surface area contributed by atoms with Crippen molar-refractivity contribution in [2.24, 2.45) is 0 Å². The van der Waals surface area contributed by atoms with E-state index in [9.17, 15) is 9.59 Å². The Hall–Kier alpha value is -1.70. The lowest BCUT2D eigenvalue weighted by atomic mass is 10.1. The largest absolute Gasteiger partial charge is 0.379 e. The number of hydrogen-bond acceptors (Lipinski definition) is 5. The van der Waals surface area contributed by atoms with E-state index < -0.39 is 0 Å². The lowest BCUT2D eigenvalue weighted by molar-refractivity contribution is 0.0374. The van der Waals surface area contributed by atoms with Gasteiger partial charge in [-0.1, -0.05) is 0 Å². The molecule has 0 aliphatic carbocycles. The summed E-state index contributed by atoms with van der Waals surface area (Å²) in [5, 5.41) is 2.91. The standard InChI is InChI=1S/C19H32N4O3/c1-15-6-9-23(16(2)14-21(3)4)19(25)17(15)18(24)20-7-5-8-22-10-12-26-13-11-22/h6,9,16H,5,7-8,10-14H2,1-4H3,(H,20,24). The number of nitrogens with one attached hydrogen (secondary N) is 1. The zero-order valence-corrected chi connectivity index (χ0v) is 16.5. The van der Waals surface area contributed by atoms with Crippen molar-refractivity contribution >= 4 is 5.91 Å². The van der Waals surface area contributed by atoms with E-state index in [-0.39, 0.29) is 23.1 Å². The molecule has 26 heavy (non-hydrogen) atoms. The number of rotatable bonds is 8. The number of amides is 1. The van der Waals surface area contributed by atoms with Crippen LogP contribution in [0.1, 0.15) is 35.3 Å². The SMILES string of the molecule is Cc1ccn(C(C)CN(C)C)c(=O)c1C(=O)NCCCN1CCOCC1. The maximum Gasteiger partial charge on any atom is 0.263 e. The van der Waals surface area contributed by atoms with E-state index in [4.69, 9.17) is 4.74 Å². The number of ether oxygens (including phenoxy) is 1. The van der Waals surface area contributed by atoms with Crippen LogP contribution in [0, 0.1) is 6.92 Å². The van der Waals surface area contributed by atoms with Crippen LogP contribution in [0.2, 0.25) is 0 Å². The highest BCUT2D eigenvalue weighted by Crippen LogP contribution is 2.08. The van der Waals surface area contributed by atoms with Crippen molar-refractivity contribution in [1.82, 2.24) is 19.7 Å². The Morgan fingerprint density at radius 1 is 1.35 bits per heavy atom. The summed E-state index contributed by atoms with van der Waals surface area (Å²) in [6.07, 6.45) is 2.64. The number of likely N-dealkylation sites (N-methyl/N-ethyl adjacent to an activating group) is 1. The van der Waals surface area contributed by atoms with Crippen LogP contribution in [0.5, 0.6) is 0 Å². The lowest BCUT2D eigenvalue weighted by Crippen LogP contribution is -2.39. The molecular weight excluding hydrogens is 332 g/mol. The molecule has 0 aromatic carbocycles. The number of carbonyl (C=O) groups excluding carboxylic acids is 1. The summed E-state index contributed by atoms with van der Waals surface area (Å²) in [7, 11) is 3.94. The fourth-order valence-electron chi connectivity index (χ4n) is 3.30. The molecule has 1 aromatic heterocycles. The van der Waals surface area contributed by atoms with E-state index in [0.717, 1.165) is 45.8 Å². The van der Waals surface area contributed by atoms with Crippen molar-refractivity contribution < 1.29 is 9.53 Å². The molecule has 0 saturated carbocycles. The minimum absolute atomic E-state index is 0.00553. The molecule has 1 aromatic rings. The van der Waals surface area contributed by atoms with Gasteiger partial charge in [0.15, 0.2) is 0 Å². The Kier molecular flexibility index (Phi) is 7.81. The van der Waals surface area contributed by atoms with Crippen LogP contribution in [-0.4, -0.2) is 80.3 Å². The third kappa shape index (κ3) is 5.65. The van der Waals surface area contributed by atoms with Crippen molar-refractivity contribution in [3.05, 3.63) is 33.7 Å². The van der Waals surface area contributed by atoms with Crippen LogP contribution < -0.4 is 10.9 Å². The number of carbonyl (C=O) groups is 1. The first-order chi connectivity index (χ1) is 12.4. The third-order valence-corrected chi connectivity index (χ3v) is 4.70. The molecule has 1 amide bonds. The summed E-state index contributed by atoms with van der Waals surface area (Å²) in [5.41, 5.74) is 0.753. The number of nitrogens with zero attached hydrogens (tertiary/aromatic N) is 3. The van der Waals surface area contributed by atoms with Crippen molar-refractivity contribution in [3.8, 4) is 0 Å². The molecule has 1 N–H and O–H groups in total. The van der Waals surface area contributed by atoms with Crippen LogP contribution in [0.4, 0.5) is 0 Å². The maximum atomic E-state index is 12.8. The van der Waals surface area contributed by atoms with Gasteiger partial charge in [-0.3, -0.25) is 14.5 Å². The Morgan fingerprint density at radius 2 is 2.04 bits per heavy atom. The minimum Gasteiger partial charge on any atom is -0.379 e. The first-order valence-electron chi connectivity index (χ1n) is 9.35. The summed E-state index contributed by atoms with van der Waals surface area (Å²) in [6, 6.07) is 1.85. The van der Waals surface area contributed by atoms with Crippen LogP contribution >= 0.6 is 0 Å². The summed E-state index contributed by atoms with van der Waals surface area (Å²) in [4.78, 5) is 29.7. The molecule has 1 aliphatic heterocycles. The first kappa shape index (κ1) is 20.6. The molecule has 1 atom stereocenters. The Morgan fingerprint density at radius 3 is 2.69 bits per heavy atom. The van der Waals surface area contributed by atoms with Crippen LogP contribution in [-0.2, 0) is 4.74 Å². The Bertz CT molecular complexity index is 651. The molecule has 1 unspecified atom stereocenters. The fraction of sp³-hybridized carbons (Fsp3) is 0.684. The van der Waals surface area contributed by atoms with Crippen molar-refractivity contribution in [3.63, 3.8) is 0 Å².